The largest absolute Gasteiger partial charge is 0.463 e. The molecule has 4 rings (SSSR count). The Bertz CT molecular complexity index is 982. The molecule has 36 heavy (non-hydrogen) atoms. The van der Waals surface area contributed by atoms with Crippen LogP contribution in [0.5, 0.6) is 0 Å². The third-order valence-corrected chi connectivity index (χ3v) is 10.1. The Morgan fingerprint density at radius 1 is 1.06 bits per heavy atom. The van der Waals surface area contributed by atoms with Gasteiger partial charge in [-0.05, 0) is 81.1 Å². The van der Waals surface area contributed by atoms with E-state index in [1.807, 2.05) is 0 Å². The molecular weight excluding hydrogens is 460 g/mol. The van der Waals surface area contributed by atoms with Crippen molar-refractivity contribution in [1.82, 2.24) is 0 Å². The predicted molar refractivity (Wildman–Crippen MR) is 134 cm³/mol. The van der Waals surface area contributed by atoms with Crippen molar-refractivity contribution in [3.63, 3.8) is 0 Å². The van der Waals surface area contributed by atoms with Crippen LogP contribution in [0.25, 0.3) is 0 Å². The summed E-state index contributed by atoms with van der Waals surface area (Å²) in [5.41, 5.74) is -0.0606. The van der Waals surface area contributed by atoms with Crippen molar-refractivity contribution in [3.05, 3.63) is 23.3 Å². The van der Waals surface area contributed by atoms with E-state index in [0.29, 0.717) is 23.8 Å². The predicted octanol–water partition coefficient (Wildman–Crippen LogP) is 4.66. The first kappa shape index (κ1) is 26.9. The SMILES string of the molecule is CCOC(=O)/C=C(/C)[C@@]1(O)[C@@H](OC(C)=O)CC2C3CC=C4C[C@@H](OC(C)=O)CC[C@]4(C)C3CC[C@@]21C. The highest BCUT2D eigenvalue weighted by Gasteiger charge is 2.69. The van der Waals surface area contributed by atoms with Gasteiger partial charge in [-0.1, -0.05) is 25.5 Å². The average molecular weight is 503 g/mol. The van der Waals surface area contributed by atoms with E-state index < -0.39 is 29.1 Å². The highest BCUT2D eigenvalue weighted by atomic mass is 16.6. The van der Waals surface area contributed by atoms with Crippen molar-refractivity contribution in [2.75, 3.05) is 6.61 Å². The lowest BCUT2D eigenvalue weighted by molar-refractivity contribution is -0.167. The van der Waals surface area contributed by atoms with Crippen LogP contribution >= 0.6 is 0 Å². The Kier molecular flexibility index (Phi) is 7.19. The van der Waals surface area contributed by atoms with Crippen LogP contribution in [0, 0.1) is 28.6 Å². The Hall–Kier alpha value is -2.15. The van der Waals surface area contributed by atoms with Crippen LogP contribution in [-0.4, -0.2) is 47.4 Å². The molecule has 7 nitrogen and oxygen atoms in total. The van der Waals surface area contributed by atoms with E-state index in [1.165, 1.54) is 25.5 Å². The maximum absolute atomic E-state index is 12.3. The fourth-order valence-corrected chi connectivity index (χ4v) is 8.47. The van der Waals surface area contributed by atoms with Gasteiger partial charge in [-0.2, -0.15) is 0 Å². The lowest BCUT2D eigenvalue weighted by Gasteiger charge is -2.59. The Morgan fingerprint density at radius 3 is 2.39 bits per heavy atom. The molecule has 3 saturated carbocycles. The van der Waals surface area contributed by atoms with E-state index in [-0.39, 0.29) is 30.0 Å². The molecule has 3 fully saturated rings. The Morgan fingerprint density at radius 2 is 1.75 bits per heavy atom. The zero-order valence-electron chi connectivity index (χ0n) is 22.6. The molecule has 0 bridgehead atoms. The van der Waals surface area contributed by atoms with Gasteiger partial charge in [0.05, 0.1) is 6.61 Å². The number of allylic oxidation sites excluding steroid dienone is 1. The molecular formula is C29H42O7. The number of fused-ring (bicyclic) bond motifs is 5. The van der Waals surface area contributed by atoms with Gasteiger partial charge in [0.2, 0.25) is 0 Å². The molecule has 0 aromatic carbocycles. The summed E-state index contributed by atoms with van der Waals surface area (Å²) >= 11 is 0. The minimum Gasteiger partial charge on any atom is -0.463 e. The lowest BCUT2D eigenvalue weighted by Crippen LogP contribution is -2.57. The highest BCUT2D eigenvalue weighted by molar-refractivity contribution is 5.83. The van der Waals surface area contributed by atoms with Crippen LogP contribution < -0.4 is 0 Å². The molecule has 3 unspecified atom stereocenters. The average Bonchev–Trinajstić information content (AvgIpc) is 3.01. The van der Waals surface area contributed by atoms with Crippen LogP contribution in [0.2, 0.25) is 0 Å². The second-order valence-corrected chi connectivity index (χ2v) is 11.9. The van der Waals surface area contributed by atoms with Crippen LogP contribution in [0.1, 0.15) is 86.5 Å². The summed E-state index contributed by atoms with van der Waals surface area (Å²) in [5, 5.41) is 12.3. The monoisotopic (exact) mass is 502 g/mol. The zero-order chi connectivity index (χ0) is 26.5. The highest BCUT2D eigenvalue weighted by Crippen LogP contribution is 2.68. The minimum absolute atomic E-state index is 0.0361. The van der Waals surface area contributed by atoms with Gasteiger partial charge in [-0.25, -0.2) is 4.79 Å². The van der Waals surface area contributed by atoms with Gasteiger partial charge in [0.1, 0.15) is 17.8 Å². The fraction of sp³-hybridized carbons (Fsp3) is 0.759. The minimum atomic E-state index is -1.45. The Balaban J connectivity index is 1.68. The van der Waals surface area contributed by atoms with Gasteiger partial charge >= 0.3 is 17.9 Å². The number of esters is 3. The van der Waals surface area contributed by atoms with Crippen molar-refractivity contribution < 1.29 is 33.7 Å². The number of ether oxygens (including phenoxy) is 3. The van der Waals surface area contributed by atoms with Crippen LogP contribution in [0.15, 0.2) is 23.3 Å². The number of hydrogen-bond acceptors (Lipinski definition) is 7. The molecule has 0 aromatic heterocycles. The number of aliphatic hydroxyl groups is 1. The summed E-state index contributed by atoms with van der Waals surface area (Å²) < 4.78 is 16.4. The van der Waals surface area contributed by atoms with Crippen molar-refractivity contribution in [1.29, 1.82) is 0 Å². The number of carbonyl (C=O) groups is 3. The third kappa shape index (κ3) is 4.21. The molecule has 4 aliphatic carbocycles. The summed E-state index contributed by atoms with van der Waals surface area (Å²) in [6, 6.07) is 0. The number of hydrogen-bond donors (Lipinski definition) is 1. The topological polar surface area (TPSA) is 99.1 Å². The molecule has 200 valence electrons. The maximum atomic E-state index is 12.3. The van der Waals surface area contributed by atoms with Gasteiger partial charge in [0, 0.05) is 31.8 Å². The Labute approximate surface area is 214 Å². The summed E-state index contributed by atoms with van der Waals surface area (Å²) in [6.45, 7) is 11.1. The number of carbonyl (C=O) groups excluding carboxylic acids is 3. The summed E-state index contributed by atoms with van der Waals surface area (Å²) in [5.74, 6) is -0.221. The van der Waals surface area contributed by atoms with E-state index in [9.17, 15) is 19.5 Å². The quantitative estimate of drug-likeness (QED) is 0.253. The van der Waals surface area contributed by atoms with Gasteiger partial charge in [0.25, 0.3) is 0 Å². The smallest absolute Gasteiger partial charge is 0.330 e. The molecule has 0 saturated heterocycles. The molecule has 0 heterocycles. The molecule has 4 aliphatic rings. The van der Waals surface area contributed by atoms with E-state index in [4.69, 9.17) is 14.2 Å². The fourth-order valence-electron chi connectivity index (χ4n) is 8.47. The van der Waals surface area contributed by atoms with Crippen LogP contribution in [-0.2, 0) is 28.6 Å². The number of rotatable bonds is 5. The normalized spacial score (nSPS) is 41.8. The molecule has 1 N–H and O–H groups in total. The first-order valence-corrected chi connectivity index (χ1v) is 13.5. The second-order valence-electron chi connectivity index (χ2n) is 11.9. The van der Waals surface area contributed by atoms with Crippen LogP contribution in [0.4, 0.5) is 0 Å². The third-order valence-electron chi connectivity index (χ3n) is 10.1. The van der Waals surface area contributed by atoms with E-state index in [2.05, 4.69) is 19.9 Å². The van der Waals surface area contributed by atoms with Gasteiger partial charge < -0.3 is 19.3 Å². The molecule has 8 atom stereocenters. The van der Waals surface area contributed by atoms with Crippen molar-refractivity contribution >= 4 is 17.9 Å². The lowest BCUT2D eigenvalue weighted by atomic mass is 9.46. The summed E-state index contributed by atoms with van der Waals surface area (Å²) in [6.07, 6.45) is 8.77. The van der Waals surface area contributed by atoms with E-state index >= 15 is 0 Å². The molecule has 0 aromatic rings. The first-order valence-electron chi connectivity index (χ1n) is 13.5. The van der Waals surface area contributed by atoms with Gasteiger partial charge in [-0.15, -0.1) is 0 Å². The zero-order valence-corrected chi connectivity index (χ0v) is 22.6. The first-order chi connectivity index (χ1) is 16.9. The van der Waals surface area contributed by atoms with E-state index in [0.717, 1.165) is 38.5 Å². The summed E-state index contributed by atoms with van der Waals surface area (Å²) in [7, 11) is 0. The molecule has 0 amide bonds. The van der Waals surface area contributed by atoms with Gasteiger partial charge in [-0.3, -0.25) is 9.59 Å². The van der Waals surface area contributed by atoms with Crippen LogP contribution in [0.3, 0.4) is 0 Å². The summed E-state index contributed by atoms with van der Waals surface area (Å²) in [4.78, 5) is 35.9. The molecule has 0 radical (unpaired) electrons. The maximum Gasteiger partial charge on any atom is 0.330 e. The van der Waals surface area contributed by atoms with Crippen molar-refractivity contribution in [2.45, 2.75) is 104 Å². The second kappa shape index (κ2) is 9.62. The van der Waals surface area contributed by atoms with Crippen molar-refractivity contribution in [3.8, 4) is 0 Å². The molecule has 7 heteroatoms. The van der Waals surface area contributed by atoms with Gasteiger partial charge in [0.15, 0.2) is 0 Å². The molecule has 0 aliphatic heterocycles. The van der Waals surface area contributed by atoms with Crippen molar-refractivity contribution in [2.24, 2.45) is 28.6 Å². The van der Waals surface area contributed by atoms with E-state index in [1.54, 1.807) is 13.8 Å². The molecule has 0 spiro atoms. The standard InChI is InChI=1S/C29H42O7/c1-7-34-26(32)14-17(2)29(33)25(36-19(4)31)16-24-22-9-8-20-15-21(35-18(3)30)10-12-27(20,5)23(22)11-13-28(24,29)6/h8,14,21-25,33H,7,9-13,15-16H2,1-6H3/b17-14-/t21-,22?,23?,24?,25-,27-,28-,29+/m0/s1.